The maximum Gasteiger partial charge on any atom is 0.231 e. The summed E-state index contributed by atoms with van der Waals surface area (Å²) in [6, 6.07) is 11.2. The smallest absolute Gasteiger partial charge is 0.231 e. The second kappa shape index (κ2) is 8.09. The summed E-state index contributed by atoms with van der Waals surface area (Å²) in [6.07, 6.45) is 3.35. The van der Waals surface area contributed by atoms with Crippen molar-refractivity contribution in [2.75, 3.05) is 21.0 Å². The van der Waals surface area contributed by atoms with Crippen molar-refractivity contribution in [1.29, 1.82) is 0 Å². The second-order valence-electron chi connectivity index (χ2n) is 7.73. The van der Waals surface area contributed by atoms with Crippen LogP contribution in [0.1, 0.15) is 32.8 Å². The number of methoxy groups -OCH3 is 2. The summed E-state index contributed by atoms with van der Waals surface area (Å²) in [5, 5.41) is 0. The van der Waals surface area contributed by atoms with Gasteiger partial charge >= 0.3 is 0 Å². The number of carbonyl (C=O) groups excluding carboxylic acids is 1. The lowest BCUT2D eigenvalue weighted by Gasteiger charge is -2.29. The largest absolute Gasteiger partial charge is 0.493 e. The fourth-order valence-electron chi connectivity index (χ4n) is 4.19. The van der Waals surface area contributed by atoms with E-state index in [0.717, 1.165) is 22.6 Å². The Bertz CT molecular complexity index is 1210. The summed E-state index contributed by atoms with van der Waals surface area (Å²) in [7, 11) is 3.14. The molecule has 0 amide bonds. The molecule has 7 heteroatoms. The maximum atomic E-state index is 13.2. The average Bonchev–Trinajstić information content (AvgIpc) is 3.42. The number of hydrogen-bond donors (Lipinski definition) is 0. The van der Waals surface area contributed by atoms with Crippen molar-refractivity contribution in [3.05, 3.63) is 76.4 Å². The zero-order chi connectivity index (χ0) is 22.2. The Labute approximate surface area is 185 Å². The molecule has 0 saturated heterocycles. The second-order valence-corrected chi connectivity index (χ2v) is 7.73. The van der Waals surface area contributed by atoms with Crippen LogP contribution in [0.3, 0.4) is 0 Å². The summed E-state index contributed by atoms with van der Waals surface area (Å²) in [5.41, 5.74) is 3.02. The Morgan fingerprint density at radius 2 is 2.00 bits per heavy atom. The van der Waals surface area contributed by atoms with Gasteiger partial charge in [0.15, 0.2) is 17.3 Å². The predicted octanol–water partition coefficient (Wildman–Crippen LogP) is 4.57. The van der Waals surface area contributed by atoms with Gasteiger partial charge in [-0.25, -0.2) is 0 Å². The topological polar surface area (TPSA) is 70.4 Å². The highest BCUT2D eigenvalue weighted by molar-refractivity contribution is 6.15. The molecule has 0 unspecified atom stereocenters. The molecule has 7 nitrogen and oxygen atoms in total. The van der Waals surface area contributed by atoms with Crippen molar-refractivity contribution in [1.82, 2.24) is 4.90 Å². The van der Waals surface area contributed by atoms with E-state index in [1.807, 2.05) is 37.3 Å². The van der Waals surface area contributed by atoms with E-state index < -0.39 is 0 Å². The normalized spacial score (nSPS) is 16.3. The van der Waals surface area contributed by atoms with Crippen LogP contribution in [0.25, 0.3) is 6.08 Å². The number of carbonyl (C=O) groups is 1. The van der Waals surface area contributed by atoms with Gasteiger partial charge in [-0.2, -0.15) is 0 Å². The Morgan fingerprint density at radius 3 is 2.75 bits per heavy atom. The third-order valence-corrected chi connectivity index (χ3v) is 5.68. The highest BCUT2D eigenvalue weighted by atomic mass is 16.5. The summed E-state index contributed by atoms with van der Waals surface area (Å²) in [6.45, 7) is 3.64. The first kappa shape index (κ1) is 20.2. The van der Waals surface area contributed by atoms with Crippen LogP contribution < -0.4 is 18.9 Å². The van der Waals surface area contributed by atoms with Crippen molar-refractivity contribution in [3.8, 4) is 23.0 Å². The molecule has 0 fully saturated rings. The number of rotatable bonds is 5. The van der Waals surface area contributed by atoms with Crippen LogP contribution in [0, 0.1) is 6.92 Å². The lowest BCUT2D eigenvalue weighted by Crippen LogP contribution is -2.31. The Hall–Kier alpha value is -3.71. The van der Waals surface area contributed by atoms with Gasteiger partial charge in [0.2, 0.25) is 5.78 Å². The molecule has 0 bridgehead atoms. The van der Waals surface area contributed by atoms with Crippen LogP contribution in [0.5, 0.6) is 23.0 Å². The van der Waals surface area contributed by atoms with E-state index in [0.29, 0.717) is 48.2 Å². The van der Waals surface area contributed by atoms with E-state index in [1.165, 1.54) is 0 Å². The third kappa shape index (κ3) is 3.40. The lowest BCUT2D eigenvalue weighted by atomic mass is 10.00. The first-order valence-electron chi connectivity index (χ1n) is 10.3. The maximum absolute atomic E-state index is 13.2. The average molecular weight is 433 g/mol. The number of allylic oxidation sites excluding steroid dienone is 1. The number of para-hydroxylation sites is 1. The van der Waals surface area contributed by atoms with Crippen molar-refractivity contribution >= 4 is 11.9 Å². The number of benzene rings is 2. The number of ketones is 1. The number of furan rings is 1. The molecule has 5 rings (SSSR count). The molecule has 164 valence electrons. The van der Waals surface area contributed by atoms with Crippen LogP contribution in [-0.4, -0.2) is 31.6 Å². The molecule has 3 aromatic rings. The minimum absolute atomic E-state index is 0.168. The number of hydrogen-bond acceptors (Lipinski definition) is 7. The molecule has 0 spiro atoms. The van der Waals surface area contributed by atoms with Crippen LogP contribution in [-0.2, 0) is 13.1 Å². The molecule has 0 N–H and O–H groups in total. The number of Topliss-reactive ketones (excluding diaryl/α,β-unsaturated/α-hetero) is 1. The van der Waals surface area contributed by atoms with E-state index in [2.05, 4.69) is 4.90 Å². The van der Waals surface area contributed by atoms with Gasteiger partial charge in [0, 0.05) is 23.2 Å². The SMILES string of the molecule is COc1cccc(C=C2Oc3c(cc4c(c3C)OCN(Cc3ccco3)C4)C2=O)c1OC. The minimum atomic E-state index is -0.168. The minimum Gasteiger partial charge on any atom is -0.493 e. The van der Waals surface area contributed by atoms with Gasteiger partial charge in [-0.05, 0) is 37.3 Å². The predicted molar refractivity (Wildman–Crippen MR) is 117 cm³/mol. The molecule has 2 aliphatic heterocycles. The van der Waals surface area contributed by atoms with Gasteiger partial charge < -0.3 is 23.4 Å². The van der Waals surface area contributed by atoms with E-state index >= 15 is 0 Å². The highest BCUT2D eigenvalue weighted by Crippen LogP contribution is 2.44. The first-order chi connectivity index (χ1) is 15.6. The van der Waals surface area contributed by atoms with Crippen LogP contribution >= 0.6 is 0 Å². The Balaban J connectivity index is 1.46. The molecule has 0 radical (unpaired) electrons. The number of ether oxygens (including phenoxy) is 4. The summed E-state index contributed by atoms with van der Waals surface area (Å²) < 4.78 is 28.3. The quantitative estimate of drug-likeness (QED) is 0.546. The third-order valence-electron chi connectivity index (χ3n) is 5.68. The molecule has 0 atom stereocenters. The molecular weight excluding hydrogens is 410 g/mol. The van der Waals surface area contributed by atoms with E-state index in [1.54, 1.807) is 32.6 Å². The number of fused-ring (bicyclic) bond motifs is 2. The van der Waals surface area contributed by atoms with Gasteiger partial charge in [-0.1, -0.05) is 12.1 Å². The molecule has 2 aliphatic rings. The van der Waals surface area contributed by atoms with Gasteiger partial charge in [0.05, 0.1) is 32.6 Å². The van der Waals surface area contributed by atoms with Crippen LogP contribution in [0.4, 0.5) is 0 Å². The lowest BCUT2D eigenvalue weighted by molar-refractivity contribution is 0.0813. The van der Waals surface area contributed by atoms with E-state index in [-0.39, 0.29) is 11.5 Å². The van der Waals surface area contributed by atoms with E-state index in [4.69, 9.17) is 23.4 Å². The van der Waals surface area contributed by atoms with Gasteiger partial charge in [-0.15, -0.1) is 0 Å². The monoisotopic (exact) mass is 433 g/mol. The Kier molecular flexibility index (Phi) is 5.11. The number of nitrogens with zero attached hydrogens (tertiary/aromatic N) is 1. The van der Waals surface area contributed by atoms with Crippen molar-refractivity contribution in [3.63, 3.8) is 0 Å². The Morgan fingerprint density at radius 1 is 1.12 bits per heavy atom. The van der Waals surface area contributed by atoms with Crippen LogP contribution in [0.2, 0.25) is 0 Å². The molecule has 0 aliphatic carbocycles. The summed E-state index contributed by atoms with van der Waals surface area (Å²) in [4.78, 5) is 15.3. The molecular formula is C25H23NO6. The van der Waals surface area contributed by atoms with Gasteiger partial charge in [0.25, 0.3) is 0 Å². The molecule has 3 heterocycles. The zero-order valence-corrected chi connectivity index (χ0v) is 18.1. The van der Waals surface area contributed by atoms with Gasteiger partial charge in [0.1, 0.15) is 24.0 Å². The van der Waals surface area contributed by atoms with Crippen molar-refractivity contribution < 1.29 is 28.2 Å². The van der Waals surface area contributed by atoms with Crippen LogP contribution in [0.15, 0.2) is 52.8 Å². The highest BCUT2D eigenvalue weighted by Gasteiger charge is 2.34. The standard InChI is InChI=1S/C25H23NO6/c1-15-23-17(12-26(14-31-23)13-18-7-5-9-30-18)10-19-22(27)21(32-24(15)19)11-16-6-4-8-20(28-2)25(16)29-3/h4-11H,12-14H2,1-3H3. The molecule has 0 saturated carbocycles. The van der Waals surface area contributed by atoms with Crippen molar-refractivity contribution in [2.45, 2.75) is 20.0 Å². The first-order valence-corrected chi connectivity index (χ1v) is 10.3. The summed E-state index contributed by atoms with van der Waals surface area (Å²) in [5.74, 6) is 3.38. The zero-order valence-electron chi connectivity index (χ0n) is 18.1. The summed E-state index contributed by atoms with van der Waals surface area (Å²) >= 11 is 0. The molecule has 1 aromatic heterocycles. The van der Waals surface area contributed by atoms with E-state index in [9.17, 15) is 4.79 Å². The van der Waals surface area contributed by atoms with Gasteiger partial charge in [-0.3, -0.25) is 9.69 Å². The fourth-order valence-corrected chi connectivity index (χ4v) is 4.19. The molecule has 2 aromatic carbocycles. The van der Waals surface area contributed by atoms with Crippen molar-refractivity contribution in [2.24, 2.45) is 0 Å². The molecule has 32 heavy (non-hydrogen) atoms. The fraction of sp³-hybridized carbons (Fsp3) is 0.240.